The first kappa shape index (κ1) is 21.7. The maximum atomic E-state index is 12.4. The van der Waals surface area contributed by atoms with Gasteiger partial charge in [0, 0.05) is 5.70 Å². The highest BCUT2D eigenvalue weighted by Gasteiger charge is 2.45. The van der Waals surface area contributed by atoms with Gasteiger partial charge >= 0.3 is 12.1 Å². The Morgan fingerprint density at radius 1 is 1.37 bits per heavy atom. The number of allylic oxidation sites excluding steroid dienone is 1. The topological polar surface area (TPSA) is 92.6 Å². The Hall–Kier alpha value is -3.00. The maximum absolute atomic E-state index is 12.4. The summed E-state index contributed by atoms with van der Waals surface area (Å²) in [6, 6.07) is 5.23. The molecule has 3 amide bonds. The Labute approximate surface area is 176 Å². The average Bonchev–Trinajstić information content (AvgIpc) is 3.16. The Morgan fingerprint density at radius 2 is 2.07 bits per heavy atom. The molecule has 1 N–H and O–H groups in total. The molecule has 0 aromatic heterocycles. The number of nitrogens with one attached hydrogen (secondary N) is 1. The predicted molar refractivity (Wildman–Crippen MR) is 114 cm³/mol. The van der Waals surface area contributed by atoms with E-state index in [2.05, 4.69) is 42.8 Å². The largest absolute Gasteiger partial charge is 0.424 e. The van der Waals surface area contributed by atoms with Crippen molar-refractivity contribution < 1.29 is 19.1 Å². The summed E-state index contributed by atoms with van der Waals surface area (Å²) < 4.78 is 11.7. The van der Waals surface area contributed by atoms with Crippen molar-refractivity contribution in [2.75, 3.05) is 0 Å². The SMILES string of the molecule is C=NC(=NC=C(C)N1C(=O)NC(C)(C)C1=O)Oc1ccc2c(c1)C(C(C)(C)C)OC2. The molecule has 1 aromatic rings. The van der Waals surface area contributed by atoms with Crippen LogP contribution < -0.4 is 10.1 Å². The number of ether oxygens (including phenoxy) is 2. The molecule has 1 aromatic carbocycles. The van der Waals surface area contributed by atoms with Gasteiger partial charge in [0.15, 0.2) is 0 Å². The third kappa shape index (κ3) is 4.14. The van der Waals surface area contributed by atoms with E-state index in [0.29, 0.717) is 18.1 Å². The van der Waals surface area contributed by atoms with Crippen LogP contribution in [0, 0.1) is 5.41 Å². The van der Waals surface area contributed by atoms with Crippen LogP contribution in [0.2, 0.25) is 0 Å². The number of amidine groups is 1. The van der Waals surface area contributed by atoms with E-state index in [1.54, 1.807) is 20.8 Å². The second kappa shape index (κ2) is 7.68. The van der Waals surface area contributed by atoms with Crippen molar-refractivity contribution >= 4 is 24.7 Å². The molecule has 1 atom stereocenters. The second-order valence-corrected chi connectivity index (χ2v) is 9.06. The predicted octanol–water partition coefficient (Wildman–Crippen LogP) is 3.93. The Bertz CT molecular complexity index is 956. The quantitative estimate of drug-likeness (QED) is 0.462. The monoisotopic (exact) mass is 412 g/mol. The van der Waals surface area contributed by atoms with E-state index in [0.717, 1.165) is 16.0 Å². The molecule has 0 bridgehead atoms. The molecular weight excluding hydrogens is 384 g/mol. The van der Waals surface area contributed by atoms with Gasteiger partial charge < -0.3 is 14.8 Å². The van der Waals surface area contributed by atoms with Crippen LogP contribution in [0.25, 0.3) is 0 Å². The molecule has 0 radical (unpaired) electrons. The first-order valence-corrected chi connectivity index (χ1v) is 9.74. The molecule has 2 aliphatic rings. The van der Waals surface area contributed by atoms with Gasteiger partial charge in [0.2, 0.25) is 0 Å². The lowest BCUT2D eigenvalue weighted by atomic mass is 9.84. The van der Waals surface area contributed by atoms with Gasteiger partial charge in [-0.05, 0) is 56.2 Å². The van der Waals surface area contributed by atoms with Crippen LogP contribution in [0.5, 0.6) is 5.75 Å². The summed E-state index contributed by atoms with van der Waals surface area (Å²) in [4.78, 5) is 33.5. The van der Waals surface area contributed by atoms with Gasteiger partial charge in [-0.15, -0.1) is 0 Å². The van der Waals surface area contributed by atoms with Gasteiger partial charge in [0.05, 0.1) is 18.9 Å². The molecule has 8 heteroatoms. The number of rotatable bonds is 3. The van der Waals surface area contributed by atoms with Crippen molar-refractivity contribution in [3.63, 3.8) is 0 Å². The average molecular weight is 412 g/mol. The van der Waals surface area contributed by atoms with E-state index in [-0.39, 0.29) is 23.4 Å². The van der Waals surface area contributed by atoms with Gasteiger partial charge in [-0.3, -0.25) is 4.79 Å². The highest BCUT2D eigenvalue weighted by molar-refractivity contribution is 6.08. The lowest BCUT2D eigenvalue weighted by Crippen LogP contribution is -2.40. The number of hydrogen-bond acceptors (Lipinski definition) is 5. The second-order valence-electron chi connectivity index (χ2n) is 9.06. The van der Waals surface area contributed by atoms with Gasteiger partial charge in [-0.25, -0.2) is 19.7 Å². The lowest BCUT2D eigenvalue weighted by molar-refractivity contribution is -0.128. The third-order valence-corrected chi connectivity index (χ3v) is 5.01. The van der Waals surface area contributed by atoms with Crippen molar-refractivity contribution in [1.29, 1.82) is 0 Å². The Kier molecular flexibility index (Phi) is 5.56. The molecule has 2 heterocycles. The van der Waals surface area contributed by atoms with Crippen molar-refractivity contribution in [3.05, 3.63) is 41.2 Å². The van der Waals surface area contributed by atoms with Gasteiger partial charge in [-0.1, -0.05) is 26.8 Å². The van der Waals surface area contributed by atoms with Gasteiger partial charge in [0.25, 0.3) is 5.91 Å². The molecule has 2 aliphatic heterocycles. The van der Waals surface area contributed by atoms with E-state index in [9.17, 15) is 9.59 Å². The summed E-state index contributed by atoms with van der Waals surface area (Å²) in [7, 11) is 0. The minimum atomic E-state index is -0.956. The summed E-state index contributed by atoms with van der Waals surface area (Å²) in [5, 5.41) is 2.62. The molecule has 1 fully saturated rings. The minimum Gasteiger partial charge on any atom is -0.424 e. The zero-order valence-corrected chi connectivity index (χ0v) is 18.3. The fraction of sp³-hybridized carbons (Fsp3) is 0.455. The molecule has 1 saturated heterocycles. The summed E-state index contributed by atoms with van der Waals surface area (Å²) in [5.41, 5.74) is 1.56. The van der Waals surface area contributed by atoms with E-state index in [4.69, 9.17) is 9.47 Å². The van der Waals surface area contributed by atoms with Crippen molar-refractivity contribution in [1.82, 2.24) is 10.2 Å². The van der Waals surface area contributed by atoms with Crippen LogP contribution in [0.3, 0.4) is 0 Å². The Morgan fingerprint density at radius 3 is 2.63 bits per heavy atom. The van der Waals surface area contributed by atoms with Gasteiger partial charge in [-0.2, -0.15) is 0 Å². The molecule has 0 aliphatic carbocycles. The number of imide groups is 1. The molecule has 3 rings (SSSR count). The van der Waals surface area contributed by atoms with Crippen LogP contribution in [0.15, 0.2) is 40.1 Å². The number of carbonyl (C=O) groups excluding carboxylic acids is 2. The number of amides is 3. The van der Waals surface area contributed by atoms with E-state index in [1.807, 2.05) is 18.2 Å². The van der Waals surface area contributed by atoms with Crippen LogP contribution in [0.1, 0.15) is 58.8 Å². The standard InChI is InChI=1S/C22H28N4O4/c1-13(26-18(27)22(5,6)25-20(26)28)11-24-19(23-7)30-15-9-8-14-12-29-17(16(14)10-15)21(2,3)4/h8-11,17H,7,12H2,1-6H3,(H,25,28). The smallest absolute Gasteiger partial charge is 0.329 e. The molecule has 1 unspecified atom stereocenters. The number of carbonyl (C=O) groups is 2. The third-order valence-electron chi connectivity index (χ3n) is 5.01. The number of urea groups is 1. The first-order chi connectivity index (χ1) is 13.9. The summed E-state index contributed by atoms with van der Waals surface area (Å²) in [6.45, 7) is 15.4. The van der Waals surface area contributed by atoms with Crippen LogP contribution in [-0.4, -0.2) is 35.1 Å². The van der Waals surface area contributed by atoms with Crippen molar-refractivity contribution in [2.45, 2.75) is 59.8 Å². The summed E-state index contributed by atoms with van der Waals surface area (Å²) in [6.07, 6.45) is 1.33. The molecule has 160 valence electrons. The minimum absolute atomic E-state index is 0.00633. The summed E-state index contributed by atoms with van der Waals surface area (Å²) in [5.74, 6) is 0.208. The fourth-order valence-electron chi connectivity index (χ4n) is 3.47. The first-order valence-electron chi connectivity index (χ1n) is 9.74. The van der Waals surface area contributed by atoms with E-state index >= 15 is 0 Å². The molecular formula is C22H28N4O4. The Balaban J connectivity index is 1.80. The zero-order chi connectivity index (χ0) is 22.3. The highest BCUT2D eigenvalue weighted by atomic mass is 16.5. The number of benzene rings is 1. The number of nitrogens with zero attached hydrogens (tertiary/aromatic N) is 3. The zero-order valence-electron chi connectivity index (χ0n) is 18.3. The van der Waals surface area contributed by atoms with Crippen LogP contribution in [0.4, 0.5) is 4.79 Å². The van der Waals surface area contributed by atoms with Crippen molar-refractivity contribution in [3.8, 4) is 5.75 Å². The van der Waals surface area contributed by atoms with Crippen LogP contribution in [-0.2, 0) is 16.1 Å². The van der Waals surface area contributed by atoms with E-state index in [1.165, 1.54) is 6.20 Å². The number of hydrogen-bond donors (Lipinski definition) is 1. The highest BCUT2D eigenvalue weighted by Crippen LogP contribution is 2.43. The number of aliphatic imine (C=N–C) groups is 2. The molecule has 30 heavy (non-hydrogen) atoms. The summed E-state index contributed by atoms with van der Waals surface area (Å²) >= 11 is 0. The normalized spacial score (nSPS) is 21.5. The van der Waals surface area contributed by atoms with E-state index < -0.39 is 11.6 Å². The molecule has 0 spiro atoms. The van der Waals surface area contributed by atoms with Gasteiger partial charge in [0.1, 0.15) is 11.3 Å². The molecule has 0 saturated carbocycles. The van der Waals surface area contributed by atoms with Crippen LogP contribution >= 0.6 is 0 Å². The maximum Gasteiger partial charge on any atom is 0.329 e. The lowest BCUT2D eigenvalue weighted by Gasteiger charge is -2.26. The van der Waals surface area contributed by atoms with Crippen molar-refractivity contribution in [2.24, 2.45) is 15.4 Å². The fourth-order valence-corrected chi connectivity index (χ4v) is 3.47. The molecule has 8 nitrogen and oxygen atoms in total. The number of fused-ring (bicyclic) bond motifs is 1.